The maximum atomic E-state index is 6.33. The molecule has 5 rings (SSSR count). The second-order valence-corrected chi connectivity index (χ2v) is 7.69. The molecule has 0 atom stereocenters. The van der Waals surface area contributed by atoms with Crippen molar-refractivity contribution >= 4 is 34.6 Å². The number of benzene rings is 2. The van der Waals surface area contributed by atoms with Crippen molar-refractivity contribution in [1.29, 1.82) is 0 Å². The minimum atomic E-state index is 0.645. The van der Waals surface area contributed by atoms with E-state index in [-0.39, 0.29) is 0 Å². The molecule has 0 amide bonds. The normalized spacial score (nSPS) is 14.3. The first-order chi connectivity index (χ1) is 14.7. The van der Waals surface area contributed by atoms with E-state index in [1.807, 2.05) is 41.8 Å². The summed E-state index contributed by atoms with van der Waals surface area (Å²) in [7, 11) is 0. The highest BCUT2D eigenvalue weighted by atomic mass is 35.5. The zero-order chi connectivity index (χ0) is 20.5. The number of imidazole rings is 1. The van der Waals surface area contributed by atoms with E-state index in [0.717, 1.165) is 59.7 Å². The molecule has 1 saturated heterocycles. The van der Waals surface area contributed by atoms with Crippen molar-refractivity contribution in [3.05, 3.63) is 71.5 Å². The molecule has 0 unspecified atom stereocenters. The van der Waals surface area contributed by atoms with Crippen LogP contribution >= 0.6 is 11.6 Å². The second-order valence-electron chi connectivity index (χ2n) is 7.28. The summed E-state index contributed by atoms with van der Waals surface area (Å²) in [6, 6.07) is 16.3. The average molecular weight is 420 g/mol. The van der Waals surface area contributed by atoms with Crippen molar-refractivity contribution in [3.8, 4) is 11.3 Å². The Kier molecular flexibility index (Phi) is 5.02. The number of fused-ring (bicyclic) bond motifs is 1. The monoisotopic (exact) mass is 419 g/mol. The summed E-state index contributed by atoms with van der Waals surface area (Å²) in [5, 5.41) is 4.26. The third-order valence-electron chi connectivity index (χ3n) is 5.44. The van der Waals surface area contributed by atoms with Crippen molar-refractivity contribution < 1.29 is 4.74 Å². The van der Waals surface area contributed by atoms with Crippen LogP contribution in [0.1, 0.15) is 5.56 Å². The maximum absolute atomic E-state index is 6.33. The molecule has 0 spiro atoms. The van der Waals surface area contributed by atoms with Crippen molar-refractivity contribution in [3.63, 3.8) is 0 Å². The second kappa shape index (κ2) is 7.97. The van der Waals surface area contributed by atoms with Gasteiger partial charge in [-0.15, -0.1) is 0 Å². The summed E-state index contributed by atoms with van der Waals surface area (Å²) in [5.41, 5.74) is 5.01. The van der Waals surface area contributed by atoms with Gasteiger partial charge in [-0.1, -0.05) is 29.8 Å². The van der Waals surface area contributed by atoms with Crippen LogP contribution in [0.4, 0.5) is 17.2 Å². The summed E-state index contributed by atoms with van der Waals surface area (Å²) < 4.78 is 7.42. The molecule has 152 valence electrons. The first-order valence-electron chi connectivity index (χ1n) is 9.99. The van der Waals surface area contributed by atoms with Crippen LogP contribution in [0.3, 0.4) is 0 Å². The van der Waals surface area contributed by atoms with Gasteiger partial charge in [-0.2, -0.15) is 0 Å². The molecule has 7 heteroatoms. The van der Waals surface area contributed by atoms with Crippen LogP contribution in [-0.4, -0.2) is 40.7 Å². The van der Waals surface area contributed by atoms with Gasteiger partial charge in [0.25, 0.3) is 0 Å². The quantitative estimate of drug-likeness (QED) is 0.507. The van der Waals surface area contributed by atoms with Crippen LogP contribution in [0, 0.1) is 6.92 Å². The van der Waals surface area contributed by atoms with Crippen LogP contribution in [0.2, 0.25) is 5.02 Å². The third kappa shape index (κ3) is 3.49. The lowest BCUT2D eigenvalue weighted by atomic mass is 10.1. The number of hydrogen-bond acceptors (Lipinski definition) is 5. The number of aromatic nitrogens is 3. The van der Waals surface area contributed by atoms with Crippen molar-refractivity contribution in [2.45, 2.75) is 6.92 Å². The Morgan fingerprint density at radius 3 is 2.63 bits per heavy atom. The van der Waals surface area contributed by atoms with Gasteiger partial charge in [0.15, 0.2) is 0 Å². The van der Waals surface area contributed by atoms with Gasteiger partial charge in [0, 0.05) is 47.4 Å². The summed E-state index contributed by atoms with van der Waals surface area (Å²) in [5.74, 6) is 1.51. The summed E-state index contributed by atoms with van der Waals surface area (Å²) >= 11 is 6.33. The SMILES string of the molecule is Cc1c(Cl)cccc1Nc1c(-c2ccc(N3CCOCC3)cc2)nc2ncccn12. The molecule has 30 heavy (non-hydrogen) atoms. The standard InChI is InChI=1S/C23H22ClN5O/c1-16-19(24)4-2-5-20(16)26-22-21(27-23-25-10-3-11-29(22)23)17-6-8-18(9-7-17)28-12-14-30-15-13-28/h2-11,26H,12-15H2,1H3. The lowest BCUT2D eigenvalue weighted by Gasteiger charge is -2.28. The topological polar surface area (TPSA) is 54.7 Å². The third-order valence-corrected chi connectivity index (χ3v) is 5.85. The van der Waals surface area contributed by atoms with E-state index >= 15 is 0 Å². The lowest BCUT2D eigenvalue weighted by molar-refractivity contribution is 0.122. The van der Waals surface area contributed by atoms with E-state index < -0.39 is 0 Å². The first-order valence-corrected chi connectivity index (χ1v) is 10.4. The Morgan fingerprint density at radius 2 is 1.83 bits per heavy atom. The largest absolute Gasteiger partial charge is 0.378 e. The van der Waals surface area contributed by atoms with Gasteiger partial charge in [0.2, 0.25) is 5.78 Å². The molecule has 2 aromatic carbocycles. The highest BCUT2D eigenvalue weighted by molar-refractivity contribution is 6.31. The summed E-state index contributed by atoms with van der Waals surface area (Å²) in [6.07, 6.45) is 3.71. The lowest BCUT2D eigenvalue weighted by Crippen LogP contribution is -2.36. The van der Waals surface area contributed by atoms with Crippen molar-refractivity contribution in [2.24, 2.45) is 0 Å². The molecule has 0 aliphatic carbocycles. The van der Waals surface area contributed by atoms with Crippen LogP contribution < -0.4 is 10.2 Å². The predicted octanol–water partition coefficient (Wildman–Crippen LogP) is 4.94. The minimum Gasteiger partial charge on any atom is -0.378 e. The van der Waals surface area contributed by atoms with E-state index in [9.17, 15) is 0 Å². The van der Waals surface area contributed by atoms with Gasteiger partial charge in [-0.05, 0) is 42.8 Å². The van der Waals surface area contributed by atoms with E-state index in [4.69, 9.17) is 21.3 Å². The number of ether oxygens (including phenoxy) is 1. The van der Waals surface area contributed by atoms with Gasteiger partial charge in [-0.3, -0.25) is 4.40 Å². The Bertz CT molecular complexity index is 1180. The number of nitrogens with zero attached hydrogens (tertiary/aromatic N) is 4. The zero-order valence-corrected chi connectivity index (χ0v) is 17.4. The predicted molar refractivity (Wildman–Crippen MR) is 121 cm³/mol. The molecule has 4 aromatic rings. The molecule has 0 saturated carbocycles. The molecule has 0 radical (unpaired) electrons. The van der Waals surface area contributed by atoms with E-state index in [2.05, 4.69) is 39.5 Å². The fraction of sp³-hybridized carbons (Fsp3) is 0.217. The molecule has 3 heterocycles. The number of nitrogens with one attached hydrogen (secondary N) is 1. The Morgan fingerprint density at radius 1 is 1.03 bits per heavy atom. The van der Waals surface area contributed by atoms with Gasteiger partial charge in [-0.25, -0.2) is 9.97 Å². The highest BCUT2D eigenvalue weighted by Crippen LogP contribution is 2.34. The summed E-state index contributed by atoms with van der Waals surface area (Å²) in [6.45, 7) is 5.37. The zero-order valence-electron chi connectivity index (χ0n) is 16.7. The van der Waals surface area contributed by atoms with Crippen molar-refractivity contribution in [2.75, 3.05) is 36.5 Å². The van der Waals surface area contributed by atoms with Gasteiger partial charge >= 0.3 is 0 Å². The molecular weight excluding hydrogens is 398 g/mol. The van der Waals surface area contributed by atoms with E-state index in [0.29, 0.717) is 5.78 Å². The number of anilines is 3. The first kappa shape index (κ1) is 18.9. The Hall–Kier alpha value is -3.09. The number of morpholine rings is 1. The van der Waals surface area contributed by atoms with Crippen molar-refractivity contribution in [1.82, 2.24) is 14.4 Å². The Balaban J connectivity index is 1.55. The van der Waals surface area contributed by atoms with Crippen LogP contribution in [0.5, 0.6) is 0 Å². The minimum absolute atomic E-state index is 0.645. The molecule has 1 aliphatic heterocycles. The molecule has 1 fully saturated rings. The van der Waals surface area contributed by atoms with Crippen LogP contribution in [-0.2, 0) is 4.74 Å². The van der Waals surface area contributed by atoms with Gasteiger partial charge < -0.3 is 15.0 Å². The van der Waals surface area contributed by atoms with Gasteiger partial charge in [0.1, 0.15) is 11.5 Å². The number of halogens is 1. The van der Waals surface area contributed by atoms with Crippen LogP contribution in [0.15, 0.2) is 60.9 Å². The smallest absolute Gasteiger partial charge is 0.235 e. The number of rotatable bonds is 4. The fourth-order valence-electron chi connectivity index (χ4n) is 3.73. The van der Waals surface area contributed by atoms with E-state index in [1.165, 1.54) is 5.69 Å². The Labute approximate surface area is 180 Å². The molecule has 0 bridgehead atoms. The number of hydrogen-bond donors (Lipinski definition) is 1. The molecule has 1 N–H and O–H groups in total. The van der Waals surface area contributed by atoms with E-state index in [1.54, 1.807) is 6.20 Å². The highest BCUT2D eigenvalue weighted by Gasteiger charge is 2.17. The fourth-order valence-corrected chi connectivity index (χ4v) is 3.90. The maximum Gasteiger partial charge on any atom is 0.235 e. The van der Waals surface area contributed by atoms with Crippen LogP contribution in [0.25, 0.3) is 17.0 Å². The molecular formula is C23H22ClN5O. The molecule has 1 aliphatic rings. The van der Waals surface area contributed by atoms with Gasteiger partial charge in [0.05, 0.1) is 13.2 Å². The summed E-state index contributed by atoms with van der Waals surface area (Å²) in [4.78, 5) is 11.6. The molecule has 2 aromatic heterocycles. The average Bonchev–Trinajstić information content (AvgIpc) is 3.16. The molecule has 6 nitrogen and oxygen atoms in total.